The smallest absolute Gasteiger partial charge is 0.338 e. The Balaban J connectivity index is 1.18. The molecule has 0 radical (unpaired) electrons. The van der Waals surface area contributed by atoms with Gasteiger partial charge in [-0.15, -0.1) is 0 Å². The first-order chi connectivity index (χ1) is 31.9. The molecule has 2 heterocycles. The summed E-state index contributed by atoms with van der Waals surface area (Å²) in [6, 6.07) is 25.9. The third kappa shape index (κ3) is 8.19. The van der Waals surface area contributed by atoms with E-state index in [0.29, 0.717) is 51.3 Å². The minimum absolute atomic E-state index is 0.00476. The molecule has 2 aliphatic rings. The standard InChI is InChI=1S/C52H44N2O12/c1-5-21-63-44-20-18-43(53-47(57)37-16-12-32(25-41(37)49(53)59)51(61)65-27-34(55)7-3)36-15-11-31(24-40(36)44)30-10-9-29-14-19-45(64-22-6-2)46(39(29)23-30)54-48(58)38-17-13-33(26-42(38)50(54)60)52(62)66-28-35(56)8-4/h5-6,9-20,23-26,34-35,55-56H,1-2,7-8,21-22,27-28H2,3-4H3. The Labute approximate surface area is 378 Å². The molecule has 0 bridgehead atoms. The molecule has 6 aromatic carbocycles. The number of carbonyl (C=O) groups excluding carboxylic acids is 6. The third-order valence-corrected chi connectivity index (χ3v) is 11.4. The SMILES string of the molecule is C=CCOc1ccc2ccc(-c3ccc4c(N5C(=O)c6ccc(C(=O)OCC(O)CC)cc6C5=O)ccc(OCC=C)c4c3)cc2c1N1C(=O)c2ccc(C(=O)OCC(O)CC)cc2C1=O. The summed E-state index contributed by atoms with van der Waals surface area (Å²) in [5.41, 5.74) is 2.08. The Kier molecular flexibility index (Phi) is 12.6. The summed E-state index contributed by atoms with van der Waals surface area (Å²) in [7, 11) is 0. The van der Waals surface area contributed by atoms with Gasteiger partial charge in [-0.05, 0) is 96.1 Å². The first-order valence-corrected chi connectivity index (χ1v) is 21.3. The van der Waals surface area contributed by atoms with E-state index in [1.807, 2.05) is 24.3 Å². The minimum atomic E-state index is -0.847. The molecule has 2 unspecified atom stereocenters. The summed E-state index contributed by atoms with van der Waals surface area (Å²) >= 11 is 0. The summed E-state index contributed by atoms with van der Waals surface area (Å²) in [5, 5.41) is 22.0. The summed E-state index contributed by atoms with van der Waals surface area (Å²) in [6.45, 7) is 10.8. The van der Waals surface area contributed by atoms with Gasteiger partial charge >= 0.3 is 11.9 Å². The van der Waals surface area contributed by atoms with Crippen molar-refractivity contribution in [2.75, 3.05) is 36.2 Å². The van der Waals surface area contributed by atoms with Gasteiger partial charge in [-0.2, -0.15) is 0 Å². The number of rotatable bonds is 17. The van der Waals surface area contributed by atoms with E-state index < -0.39 is 47.8 Å². The first kappa shape index (κ1) is 44.7. The van der Waals surface area contributed by atoms with E-state index in [1.54, 1.807) is 56.3 Å². The second kappa shape index (κ2) is 18.6. The number of nitrogens with zero attached hydrogens (tertiary/aromatic N) is 2. The van der Waals surface area contributed by atoms with Gasteiger partial charge in [0.25, 0.3) is 23.6 Å². The predicted molar refractivity (Wildman–Crippen MR) is 247 cm³/mol. The van der Waals surface area contributed by atoms with E-state index in [9.17, 15) is 39.0 Å². The van der Waals surface area contributed by atoms with Crippen LogP contribution in [0.4, 0.5) is 11.4 Å². The number of fused-ring (bicyclic) bond motifs is 4. The molecule has 14 nitrogen and oxygen atoms in total. The van der Waals surface area contributed by atoms with E-state index in [0.717, 1.165) is 9.80 Å². The van der Waals surface area contributed by atoms with Crippen molar-refractivity contribution in [3.05, 3.63) is 156 Å². The molecular formula is C52H44N2O12. The van der Waals surface area contributed by atoms with Crippen LogP contribution in [0, 0.1) is 0 Å². The number of esters is 2. The van der Waals surface area contributed by atoms with Crippen molar-refractivity contribution >= 4 is 68.5 Å². The lowest BCUT2D eigenvalue weighted by Crippen LogP contribution is -2.30. The Bertz CT molecular complexity index is 3030. The van der Waals surface area contributed by atoms with Crippen LogP contribution >= 0.6 is 0 Å². The normalized spacial score (nSPS) is 14.0. The highest BCUT2D eigenvalue weighted by atomic mass is 16.5. The molecular weight excluding hydrogens is 845 g/mol. The molecule has 6 aromatic rings. The molecule has 2 aliphatic heterocycles. The average molecular weight is 889 g/mol. The largest absolute Gasteiger partial charge is 0.489 e. The topological polar surface area (TPSA) is 186 Å². The van der Waals surface area contributed by atoms with E-state index in [-0.39, 0.29) is 76.9 Å². The summed E-state index contributed by atoms with van der Waals surface area (Å²) in [5.74, 6) is -3.38. The van der Waals surface area contributed by atoms with Crippen LogP contribution < -0.4 is 19.3 Å². The number of anilines is 2. The van der Waals surface area contributed by atoms with Gasteiger partial charge in [-0.3, -0.25) is 19.2 Å². The molecule has 0 saturated heterocycles. The Morgan fingerprint density at radius 2 is 1.05 bits per heavy atom. The van der Waals surface area contributed by atoms with Gasteiger partial charge in [0.15, 0.2) is 0 Å². The van der Waals surface area contributed by atoms with Gasteiger partial charge in [0, 0.05) is 16.2 Å². The highest BCUT2D eigenvalue weighted by molar-refractivity contribution is 6.37. The highest BCUT2D eigenvalue weighted by Gasteiger charge is 2.41. The number of aliphatic hydroxyl groups is 2. The van der Waals surface area contributed by atoms with Crippen LogP contribution in [0.5, 0.6) is 11.5 Å². The van der Waals surface area contributed by atoms with Gasteiger partial charge in [0.05, 0.1) is 51.3 Å². The monoisotopic (exact) mass is 888 g/mol. The lowest BCUT2D eigenvalue weighted by molar-refractivity contribution is 0.0246. The van der Waals surface area contributed by atoms with Crippen molar-refractivity contribution in [2.24, 2.45) is 0 Å². The van der Waals surface area contributed by atoms with Crippen molar-refractivity contribution < 1.29 is 57.9 Å². The summed E-state index contributed by atoms with van der Waals surface area (Å²) in [4.78, 5) is 84.2. The highest BCUT2D eigenvalue weighted by Crippen LogP contribution is 2.44. The van der Waals surface area contributed by atoms with E-state index in [4.69, 9.17) is 18.9 Å². The number of carbonyl (C=O) groups is 6. The van der Waals surface area contributed by atoms with Crippen LogP contribution in [0.3, 0.4) is 0 Å². The number of hydrogen-bond acceptors (Lipinski definition) is 12. The van der Waals surface area contributed by atoms with Crippen LogP contribution in [0.1, 0.15) is 88.8 Å². The van der Waals surface area contributed by atoms with Crippen molar-refractivity contribution in [1.29, 1.82) is 0 Å². The predicted octanol–water partition coefficient (Wildman–Crippen LogP) is 8.25. The number of aliphatic hydroxyl groups excluding tert-OH is 2. The van der Waals surface area contributed by atoms with E-state index in [2.05, 4.69) is 13.2 Å². The fourth-order valence-corrected chi connectivity index (χ4v) is 7.82. The fourth-order valence-electron chi connectivity index (χ4n) is 7.82. The lowest BCUT2D eigenvalue weighted by Gasteiger charge is -2.21. The lowest BCUT2D eigenvalue weighted by atomic mass is 9.96. The Morgan fingerprint density at radius 1 is 0.561 bits per heavy atom. The molecule has 2 atom stereocenters. The molecule has 0 fully saturated rings. The van der Waals surface area contributed by atoms with Crippen LogP contribution in [-0.2, 0) is 9.47 Å². The van der Waals surface area contributed by atoms with Gasteiger partial charge in [-0.25, -0.2) is 19.4 Å². The maximum atomic E-state index is 14.3. The minimum Gasteiger partial charge on any atom is -0.489 e. The van der Waals surface area contributed by atoms with E-state index >= 15 is 0 Å². The first-order valence-electron chi connectivity index (χ1n) is 21.3. The molecule has 14 heteroatoms. The molecule has 334 valence electrons. The van der Waals surface area contributed by atoms with Gasteiger partial charge in [-0.1, -0.05) is 69.5 Å². The van der Waals surface area contributed by atoms with E-state index in [1.165, 1.54) is 42.5 Å². The van der Waals surface area contributed by atoms with Crippen LogP contribution in [0.15, 0.2) is 122 Å². The molecule has 66 heavy (non-hydrogen) atoms. The summed E-state index contributed by atoms with van der Waals surface area (Å²) < 4.78 is 22.6. The second-order valence-electron chi connectivity index (χ2n) is 15.6. The number of amides is 4. The molecule has 2 N–H and O–H groups in total. The second-order valence-corrected chi connectivity index (χ2v) is 15.6. The number of ether oxygens (including phenoxy) is 4. The van der Waals surface area contributed by atoms with Gasteiger partial charge < -0.3 is 29.2 Å². The number of hydrogen-bond donors (Lipinski definition) is 2. The zero-order valence-electron chi connectivity index (χ0n) is 36.1. The molecule has 0 saturated carbocycles. The zero-order chi connectivity index (χ0) is 46.8. The quantitative estimate of drug-likeness (QED) is 0.0508. The van der Waals surface area contributed by atoms with Crippen molar-refractivity contribution in [1.82, 2.24) is 0 Å². The fraction of sp³-hybridized carbons (Fsp3) is 0.192. The van der Waals surface area contributed by atoms with Gasteiger partial charge in [0.2, 0.25) is 0 Å². The van der Waals surface area contributed by atoms with Crippen molar-refractivity contribution in [3.63, 3.8) is 0 Å². The maximum Gasteiger partial charge on any atom is 0.338 e. The third-order valence-electron chi connectivity index (χ3n) is 11.4. The van der Waals surface area contributed by atoms with Crippen molar-refractivity contribution in [2.45, 2.75) is 38.9 Å². The molecule has 0 spiro atoms. The van der Waals surface area contributed by atoms with Crippen molar-refractivity contribution in [3.8, 4) is 22.6 Å². The molecule has 4 amide bonds. The van der Waals surface area contributed by atoms with Crippen LogP contribution in [0.2, 0.25) is 0 Å². The van der Waals surface area contributed by atoms with Crippen LogP contribution in [0.25, 0.3) is 32.7 Å². The maximum absolute atomic E-state index is 14.3. The number of benzene rings is 6. The average Bonchev–Trinajstić information content (AvgIpc) is 3.74. The zero-order valence-corrected chi connectivity index (χ0v) is 36.1. The Hall–Kier alpha value is -7.94. The van der Waals surface area contributed by atoms with Crippen LogP contribution in [-0.4, -0.2) is 84.4 Å². The molecule has 0 aliphatic carbocycles. The number of imide groups is 2. The van der Waals surface area contributed by atoms with Gasteiger partial charge in [0.1, 0.15) is 43.6 Å². The molecule has 8 rings (SSSR count). The molecule has 0 aromatic heterocycles. The Morgan fingerprint density at radius 3 is 1.62 bits per heavy atom. The summed E-state index contributed by atoms with van der Waals surface area (Å²) in [6.07, 6.45) is 2.20.